The van der Waals surface area contributed by atoms with Gasteiger partial charge in [0.25, 0.3) is 0 Å². The van der Waals surface area contributed by atoms with Crippen LogP contribution in [0.4, 0.5) is 5.69 Å². The zero-order valence-electron chi connectivity index (χ0n) is 15.9. The molecule has 1 saturated carbocycles. The van der Waals surface area contributed by atoms with Crippen molar-refractivity contribution in [1.29, 1.82) is 0 Å². The number of ether oxygens (including phenoxy) is 2. The van der Waals surface area contributed by atoms with E-state index in [0.29, 0.717) is 42.9 Å². The molecule has 0 saturated heterocycles. The van der Waals surface area contributed by atoms with Crippen LogP contribution in [0.25, 0.3) is 0 Å². The second-order valence-corrected chi connectivity index (χ2v) is 6.40. The van der Waals surface area contributed by atoms with Gasteiger partial charge in [0, 0.05) is 38.3 Å². The summed E-state index contributed by atoms with van der Waals surface area (Å²) in [4.78, 5) is 16.1. The Bertz CT molecular complexity index is 613. The lowest BCUT2D eigenvalue weighted by atomic mass is 10.0. The minimum atomic E-state index is 0.140. The van der Waals surface area contributed by atoms with Gasteiger partial charge in [-0.05, 0) is 30.9 Å². The van der Waals surface area contributed by atoms with Gasteiger partial charge in [-0.2, -0.15) is 0 Å². The first-order valence-electron chi connectivity index (χ1n) is 9.12. The lowest BCUT2D eigenvalue weighted by Gasteiger charge is -2.14. The molecule has 26 heavy (non-hydrogen) atoms. The first kappa shape index (κ1) is 19.9. The van der Waals surface area contributed by atoms with Gasteiger partial charge in [-0.1, -0.05) is 12.8 Å². The average Bonchev–Trinajstić information content (AvgIpc) is 3.16. The van der Waals surface area contributed by atoms with Crippen LogP contribution in [0.1, 0.15) is 32.1 Å². The molecule has 144 valence electrons. The van der Waals surface area contributed by atoms with E-state index in [1.54, 1.807) is 21.3 Å². The van der Waals surface area contributed by atoms with Crippen LogP contribution in [0.15, 0.2) is 23.2 Å². The smallest absolute Gasteiger partial charge is 0.220 e. The van der Waals surface area contributed by atoms with E-state index in [1.807, 2.05) is 18.2 Å². The molecule has 3 N–H and O–H groups in total. The highest BCUT2D eigenvalue weighted by Gasteiger charge is 2.17. The fourth-order valence-corrected chi connectivity index (χ4v) is 3.16. The Morgan fingerprint density at radius 1 is 1.12 bits per heavy atom. The lowest BCUT2D eigenvalue weighted by molar-refractivity contribution is -0.121. The highest BCUT2D eigenvalue weighted by atomic mass is 16.5. The van der Waals surface area contributed by atoms with Crippen molar-refractivity contribution in [1.82, 2.24) is 10.6 Å². The molecule has 1 amide bonds. The van der Waals surface area contributed by atoms with E-state index in [0.717, 1.165) is 5.69 Å². The van der Waals surface area contributed by atoms with Crippen molar-refractivity contribution in [3.05, 3.63) is 18.2 Å². The summed E-state index contributed by atoms with van der Waals surface area (Å²) in [6.45, 7) is 1.17. The fraction of sp³-hybridized carbons (Fsp3) is 0.579. The van der Waals surface area contributed by atoms with Gasteiger partial charge in [0.2, 0.25) is 5.91 Å². The molecule has 1 aromatic rings. The minimum absolute atomic E-state index is 0.140. The van der Waals surface area contributed by atoms with Crippen LogP contribution in [0.5, 0.6) is 11.5 Å². The van der Waals surface area contributed by atoms with Crippen molar-refractivity contribution in [2.45, 2.75) is 32.1 Å². The SMILES string of the molecule is CN=C(NCCNC(=O)CC1CCCC1)Nc1ccc(OC)c(OC)c1. The van der Waals surface area contributed by atoms with Gasteiger partial charge in [-0.15, -0.1) is 0 Å². The van der Waals surface area contributed by atoms with E-state index in [1.165, 1.54) is 25.7 Å². The van der Waals surface area contributed by atoms with Gasteiger partial charge < -0.3 is 25.4 Å². The molecule has 0 heterocycles. The normalized spacial score (nSPS) is 14.8. The van der Waals surface area contributed by atoms with E-state index < -0.39 is 0 Å². The molecular formula is C19H30N4O3. The van der Waals surface area contributed by atoms with Crippen molar-refractivity contribution >= 4 is 17.6 Å². The second-order valence-electron chi connectivity index (χ2n) is 6.40. The van der Waals surface area contributed by atoms with Crippen molar-refractivity contribution in [3.63, 3.8) is 0 Å². The standard InChI is InChI=1S/C19H30N4O3/c1-20-19(23-15-8-9-16(25-2)17(13-15)26-3)22-11-10-21-18(24)12-14-6-4-5-7-14/h8-9,13-14H,4-7,10-12H2,1-3H3,(H,21,24)(H2,20,22,23). The summed E-state index contributed by atoms with van der Waals surface area (Å²) in [5, 5.41) is 9.34. The monoisotopic (exact) mass is 362 g/mol. The van der Waals surface area contributed by atoms with Crippen LogP contribution in [0.2, 0.25) is 0 Å². The molecule has 0 spiro atoms. The highest BCUT2D eigenvalue weighted by molar-refractivity contribution is 5.93. The number of guanidine groups is 1. The van der Waals surface area contributed by atoms with Gasteiger partial charge >= 0.3 is 0 Å². The molecule has 0 bridgehead atoms. The lowest BCUT2D eigenvalue weighted by Crippen LogP contribution is -2.38. The number of nitrogens with one attached hydrogen (secondary N) is 3. The summed E-state index contributed by atoms with van der Waals surface area (Å²) < 4.78 is 10.5. The summed E-state index contributed by atoms with van der Waals surface area (Å²) in [5.41, 5.74) is 0.834. The summed E-state index contributed by atoms with van der Waals surface area (Å²) in [7, 11) is 4.91. The van der Waals surface area contributed by atoms with Gasteiger partial charge in [0.05, 0.1) is 14.2 Å². The van der Waals surface area contributed by atoms with Crippen molar-refractivity contribution < 1.29 is 14.3 Å². The molecule has 1 fully saturated rings. The van der Waals surface area contributed by atoms with Gasteiger partial charge in [-0.3, -0.25) is 9.79 Å². The molecule has 1 aromatic carbocycles. The van der Waals surface area contributed by atoms with E-state index >= 15 is 0 Å². The number of amides is 1. The van der Waals surface area contributed by atoms with Gasteiger partial charge in [0.15, 0.2) is 17.5 Å². The summed E-state index contributed by atoms with van der Waals surface area (Å²) in [6.07, 6.45) is 5.55. The number of hydrogen-bond donors (Lipinski definition) is 3. The first-order valence-corrected chi connectivity index (χ1v) is 9.12. The first-order chi connectivity index (χ1) is 12.7. The van der Waals surface area contributed by atoms with E-state index in [9.17, 15) is 4.79 Å². The molecular weight excluding hydrogens is 332 g/mol. The molecule has 0 unspecified atom stereocenters. The van der Waals surface area contributed by atoms with Crippen LogP contribution in [-0.4, -0.2) is 46.2 Å². The third kappa shape index (κ3) is 6.13. The number of carbonyl (C=O) groups is 1. The molecule has 1 aliphatic carbocycles. The Hall–Kier alpha value is -2.44. The van der Waals surface area contributed by atoms with Crippen LogP contribution < -0.4 is 25.4 Å². The van der Waals surface area contributed by atoms with Crippen LogP contribution in [0, 0.1) is 5.92 Å². The quantitative estimate of drug-likeness (QED) is 0.376. The third-order valence-electron chi connectivity index (χ3n) is 4.56. The van der Waals surface area contributed by atoms with Gasteiger partial charge in [-0.25, -0.2) is 0 Å². The number of nitrogens with zero attached hydrogens (tertiary/aromatic N) is 1. The summed E-state index contributed by atoms with van der Waals surface area (Å²) in [5.74, 6) is 2.66. The van der Waals surface area contributed by atoms with Crippen molar-refractivity contribution in [2.75, 3.05) is 39.7 Å². The molecule has 2 rings (SSSR count). The summed E-state index contributed by atoms with van der Waals surface area (Å²) in [6, 6.07) is 5.56. The van der Waals surface area contributed by atoms with Crippen LogP contribution >= 0.6 is 0 Å². The molecule has 1 aliphatic rings. The Morgan fingerprint density at radius 3 is 2.46 bits per heavy atom. The predicted octanol–water partition coefficient (Wildman–Crippen LogP) is 2.39. The number of aliphatic imine (C=N–C) groups is 1. The van der Waals surface area contributed by atoms with E-state index in [2.05, 4.69) is 20.9 Å². The number of hydrogen-bond acceptors (Lipinski definition) is 4. The maximum absolute atomic E-state index is 11.9. The molecule has 0 radical (unpaired) electrons. The number of anilines is 1. The largest absolute Gasteiger partial charge is 0.493 e. The zero-order chi connectivity index (χ0) is 18.8. The maximum Gasteiger partial charge on any atom is 0.220 e. The third-order valence-corrected chi connectivity index (χ3v) is 4.56. The van der Waals surface area contributed by atoms with Crippen molar-refractivity contribution in [2.24, 2.45) is 10.9 Å². The Balaban J connectivity index is 1.73. The molecule has 7 nitrogen and oxygen atoms in total. The zero-order valence-corrected chi connectivity index (χ0v) is 15.9. The number of carbonyl (C=O) groups excluding carboxylic acids is 1. The van der Waals surface area contributed by atoms with Crippen LogP contribution in [-0.2, 0) is 4.79 Å². The topological polar surface area (TPSA) is 84.0 Å². The molecule has 0 aliphatic heterocycles. The fourth-order valence-electron chi connectivity index (χ4n) is 3.16. The maximum atomic E-state index is 11.9. The Morgan fingerprint density at radius 2 is 1.81 bits per heavy atom. The minimum Gasteiger partial charge on any atom is -0.493 e. The Labute approximate surface area is 155 Å². The predicted molar refractivity (Wildman–Crippen MR) is 104 cm³/mol. The Kier molecular flexibility index (Phi) is 8.05. The number of rotatable bonds is 8. The molecule has 0 aromatic heterocycles. The van der Waals surface area contributed by atoms with Crippen LogP contribution in [0.3, 0.4) is 0 Å². The van der Waals surface area contributed by atoms with Gasteiger partial charge in [0.1, 0.15) is 0 Å². The number of benzene rings is 1. The molecule has 7 heteroatoms. The molecule has 0 atom stereocenters. The second kappa shape index (κ2) is 10.5. The summed E-state index contributed by atoms with van der Waals surface area (Å²) >= 11 is 0. The highest BCUT2D eigenvalue weighted by Crippen LogP contribution is 2.29. The van der Waals surface area contributed by atoms with E-state index in [4.69, 9.17) is 9.47 Å². The van der Waals surface area contributed by atoms with E-state index in [-0.39, 0.29) is 5.91 Å². The number of methoxy groups -OCH3 is 2. The average molecular weight is 362 g/mol. The van der Waals surface area contributed by atoms with Crippen molar-refractivity contribution in [3.8, 4) is 11.5 Å².